The normalized spacial score (nSPS) is 18.8. The Morgan fingerprint density at radius 1 is 1.44 bits per heavy atom. The third-order valence-corrected chi connectivity index (χ3v) is 1.97. The summed E-state index contributed by atoms with van der Waals surface area (Å²) < 4.78 is 45.9. The molecule has 0 spiro atoms. The van der Waals surface area contributed by atoms with E-state index in [-0.39, 0.29) is 6.42 Å². The molecular weight excluding hydrogens is 206 g/mol. The maximum Gasteiger partial charge on any atom is 0.328 e. The summed E-state index contributed by atoms with van der Waals surface area (Å²) in [6.45, 7) is -2.95. The van der Waals surface area contributed by atoms with Crippen molar-refractivity contribution >= 4 is 11.9 Å². The first kappa shape index (κ1) is 6.03. The molecule has 16 heavy (non-hydrogen) atoms. The molecule has 1 N–H and O–H groups in total. The Morgan fingerprint density at radius 3 is 2.81 bits per heavy atom. The van der Waals surface area contributed by atoms with Crippen LogP contribution in [0.5, 0.6) is 0 Å². The molecule has 0 aliphatic rings. The quantitative estimate of drug-likeness (QED) is 0.778. The van der Waals surface area contributed by atoms with Gasteiger partial charge in [-0.1, -0.05) is 30.3 Å². The molecule has 1 aromatic carbocycles. The third-order valence-electron chi connectivity index (χ3n) is 1.97. The van der Waals surface area contributed by atoms with Crippen molar-refractivity contribution in [3.05, 3.63) is 35.9 Å². The van der Waals surface area contributed by atoms with E-state index in [2.05, 4.69) is 4.74 Å². The minimum absolute atomic E-state index is 0.0857. The van der Waals surface area contributed by atoms with Gasteiger partial charge in [-0.25, -0.2) is 4.79 Å². The van der Waals surface area contributed by atoms with Crippen LogP contribution in [-0.2, 0) is 20.7 Å². The van der Waals surface area contributed by atoms with Gasteiger partial charge in [0, 0.05) is 17.4 Å². The number of rotatable bonds is 4. The summed E-state index contributed by atoms with van der Waals surface area (Å²) in [7, 11) is -2.98. The molecule has 0 saturated heterocycles. The number of nitrogens with one attached hydrogen (secondary N) is 1. The van der Waals surface area contributed by atoms with Crippen molar-refractivity contribution in [1.29, 1.82) is 0 Å². The first-order chi connectivity index (χ1) is 9.99. The van der Waals surface area contributed by atoms with Crippen LogP contribution in [0.25, 0.3) is 0 Å². The van der Waals surface area contributed by atoms with E-state index >= 15 is 0 Å². The van der Waals surface area contributed by atoms with Gasteiger partial charge in [-0.3, -0.25) is 4.79 Å². The van der Waals surface area contributed by atoms with Crippen LogP contribution < -0.4 is 5.32 Å². The van der Waals surface area contributed by atoms with Crippen molar-refractivity contribution in [1.82, 2.24) is 5.32 Å². The average Bonchev–Trinajstić information content (AvgIpc) is 2.36. The van der Waals surface area contributed by atoms with Crippen LogP contribution in [0.3, 0.4) is 0 Å². The molecule has 4 nitrogen and oxygen atoms in total. The summed E-state index contributed by atoms with van der Waals surface area (Å²) >= 11 is 0. The van der Waals surface area contributed by atoms with E-state index in [9.17, 15) is 9.59 Å². The van der Waals surface area contributed by atoms with Gasteiger partial charge in [0.25, 0.3) is 0 Å². The number of carbonyl (C=O) groups excluding carboxylic acids is 2. The van der Waals surface area contributed by atoms with Gasteiger partial charge >= 0.3 is 5.97 Å². The molecule has 0 bridgehead atoms. The van der Waals surface area contributed by atoms with E-state index in [0.717, 1.165) is 0 Å². The Kier molecular flexibility index (Phi) is 2.23. The lowest BCUT2D eigenvalue weighted by Crippen LogP contribution is -2.41. The molecule has 0 unspecified atom stereocenters. The fourth-order valence-corrected chi connectivity index (χ4v) is 1.27. The fourth-order valence-electron chi connectivity index (χ4n) is 1.27. The van der Waals surface area contributed by atoms with Crippen LogP contribution in [0.2, 0.25) is 0 Å². The number of carbonyl (C=O) groups is 2. The molecule has 0 radical (unpaired) electrons. The number of amides is 1. The standard InChI is InChI=1S/C12H15NO3/c1-9(14)13-11(12(15)16-2)8-10-6-4-3-5-7-10/h3-7,11H,8H2,1-2H3,(H,13,14)/t11-/m0/s1/i1D3,2D3. The molecule has 1 rings (SSSR count). The van der Waals surface area contributed by atoms with Crippen LogP contribution in [0.15, 0.2) is 30.3 Å². The van der Waals surface area contributed by atoms with Crippen molar-refractivity contribution in [3.8, 4) is 0 Å². The number of hydrogen-bond acceptors (Lipinski definition) is 3. The van der Waals surface area contributed by atoms with Crippen LogP contribution in [0, 0.1) is 0 Å². The first-order valence-electron chi connectivity index (χ1n) is 7.57. The second kappa shape index (κ2) is 5.90. The summed E-state index contributed by atoms with van der Waals surface area (Å²) in [5.41, 5.74) is 0.612. The van der Waals surface area contributed by atoms with Crippen LogP contribution in [0.4, 0.5) is 0 Å². The number of hydrogen-bond donors (Lipinski definition) is 1. The van der Waals surface area contributed by atoms with Gasteiger partial charge in [-0.15, -0.1) is 0 Å². The molecular formula is C12H15NO3. The summed E-state index contributed by atoms with van der Waals surface area (Å²) in [4.78, 5) is 23.4. The lowest BCUT2D eigenvalue weighted by atomic mass is 10.1. The van der Waals surface area contributed by atoms with Crippen LogP contribution in [-0.4, -0.2) is 25.0 Å². The predicted octanol–water partition coefficient (Wildman–Crippen LogP) is 0.907. The topological polar surface area (TPSA) is 55.4 Å². The largest absolute Gasteiger partial charge is 0.467 e. The first-order valence-corrected chi connectivity index (χ1v) is 4.57. The van der Waals surface area contributed by atoms with Crippen LogP contribution in [0.1, 0.15) is 20.6 Å². The van der Waals surface area contributed by atoms with E-state index in [1.165, 1.54) is 0 Å². The second-order valence-corrected chi connectivity index (χ2v) is 3.14. The molecule has 1 amide bonds. The van der Waals surface area contributed by atoms with Crippen molar-refractivity contribution < 1.29 is 22.6 Å². The summed E-state index contributed by atoms with van der Waals surface area (Å²) in [5, 5.41) is 2.00. The molecule has 0 aromatic heterocycles. The van der Waals surface area contributed by atoms with E-state index in [1.807, 2.05) is 5.32 Å². The molecule has 1 aromatic rings. The highest BCUT2D eigenvalue weighted by Gasteiger charge is 2.20. The second-order valence-electron chi connectivity index (χ2n) is 3.14. The molecule has 0 heterocycles. The summed E-state index contributed by atoms with van der Waals surface area (Å²) in [6.07, 6.45) is -0.0857. The van der Waals surface area contributed by atoms with Crippen molar-refractivity contribution in [2.24, 2.45) is 0 Å². The van der Waals surface area contributed by atoms with Gasteiger partial charge in [0.15, 0.2) is 0 Å². The Labute approximate surface area is 103 Å². The molecule has 0 aliphatic heterocycles. The molecule has 1 atom stereocenters. The Hall–Kier alpha value is -1.84. The number of esters is 1. The van der Waals surface area contributed by atoms with Gasteiger partial charge in [-0.2, -0.15) is 0 Å². The number of benzene rings is 1. The zero-order valence-corrected chi connectivity index (χ0v) is 8.40. The Morgan fingerprint density at radius 2 is 2.19 bits per heavy atom. The third kappa shape index (κ3) is 3.73. The summed E-state index contributed by atoms with van der Waals surface area (Å²) in [5.74, 6) is -2.57. The maximum atomic E-state index is 11.8. The highest BCUT2D eigenvalue weighted by Crippen LogP contribution is 2.04. The minimum Gasteiger partial charge on any atom is -0.467 e. The SMILES string of the molecule is [2H]C([2H])([2H])OC(=O)[C@H](Cc1ccccc1)NC(=O)C([2H])([2H])[2H]. The van der Waals surface area contributed by atoms with Crippen molar-refractivity contribution in [2.45, 2.75) is 19.3 Å². The highest BCUT2D eigenvalue weighted by molar-refractivity contribution is 5.83. The van der Waals surface area contributed by atoms with Crippen molar-refractivity contribution in [2.75, 3.05) is 7.04 Å². The van der Waals surface area contributed by atoms with E-state index in [0.29, 0.717) is 5.56 Å². The van der Waals surface area contributed by atoms with Gasteiger partial charge < -0.3 is 10.1 Å². The molecule has 0 saturated carbocycles. The van der Waals surface area contributed by atoms with Gasteiger partial charge in [0.05, 0.1) is 11.2 Å². The number of methoxy groups -OCH3 is 1. The average molecular weight is 227 g/mol. The predicted molar refractivity (Wildman–Crippen MR) is 59.8 cm³/mol. The smallest absolute Gasteiger partial charge is 0.328 e. The minimum atomic E-state index is -2.98. The highest BCUT2D eigenvalue weighted by atomic mass is 16.5. The lowest BCUT2D eigenvalue weighted by Gasteiger charge is -2.15. The van der Waals surface area contributed by atoms with Gasteiger partial charge in [-0.05, 0) is 5.56 Å². The molecule has 4 heteroatoms. The molecule has 0 aliphatic carbocycles. The zero-order chi connectivity index (χ0) is 17.0. The van der Waals surface area contributed by atoms with Gasteiger partial charge in [0.1, 0.15) is 6.04 Å². The van der Waals surface area contributed by atoms with E-state index in [1.54, 1.807) is 30.3 Å². The number of ether oxygens (including phenoxy) is 1. The monoisotopic (exact) mass is 227 g/mol. The maximum absolute atomic E-state index is 11.8. The molecule has 86 valence electrons. The van der Waals surface area contributed by atoms with Crippen LogP contribution >= 0.6 is 0 Å². The zero-order valence-electron chi connectivity index (χ0n) is 14.4. The Bertz CT molecular complexity index is 526. The fraction of sp³-hybridized carbons (Fsp3) is 0.333. The Balaban J connectivity index is 2.90. The van der Waals surface area contributed by atoms with Crippen molar-refractivity contribution in [3.63, 3.8) is 0 Å². The lowest BCUT2D eigenvalue weighted by molar-refractivity contribution is -0.144. The molecule has 0 fully saturated rings. The summed E-state index contributed by atoms with van der Waals surface area (Å²) in [6, 6.07) is 7.00. The van der Waals surface area contributed by atoms with E-state index in [4.69, 9.17) is 8.22 Å². The van der Waals surface area contributed by atoms with Gasteiger partial charge in [0.2, 0.25) is 5.91 Å². The van der Waals surface area contributed by atoms with E-state index < -0.39 is 31.8 Å².